The van der Waals surface area contributed by atoms with Crippen molar-refractivity contribution in [2.75, 3.05) is 26.7 Å². The molecule has 0 amide bonds. The summed E-state index contributed by atoms with van der Waals surface area (Å²) in [5.74, 6) is 0. The average molecular weight is 212 g/mol. The van der Waals surface area contributed by atoms with Gasteiger partial charge in [0.25, 0.3) is 0 Å². The highest BCUT2D eigenvalue weighted by molar-refractivity contribution is 5.10. The molecule has 0 atom stereocenters. The molecule has 1 rings (SSSR count). The van der Waals surface area contributed by atoms with E-state index in [1.807, 2.05) is 0 Å². The summed E-state index contributed by atoms with van der Waals surface area (Å²) in [6.45, 7) is 14.9. The Morgan fingerprint density at radius 2 is 1.87 bits per heavy atom. The zero-order valence-electron chi connectivity index (χ0n) is 10.7. The summed E-state index contributed by atoms with van der Waals surface area (Å²) in [6, 6.07) is 0. The van der Waals surface area contributed by atoms with Crippen LogP contribution in [0.1, 0.15) is 27.7 Å². The van der Waals surface area contributed by atoms with Crippen molar-refractivity contribution in [1.82, 2.24) is 9.80 Å². The van der Waals surface area contributed by atoms with Crippen LogP contribution in [0.5, 0.6) is 0 Å². The van der Waals surface area contributed by atoms with Crippen LogP contribution in [0.2, 0.25) is 0 Å². The Morgan fingerprint density at radius 1 is 1.33 bits per heavy atom. The van der Waals surface area contributed by atoms with Gasteiger partial charge in [-0.15, -0.1) is 0 Å². The standard InChI is InChI=1S/C12H24N2O/c1-10(12(4,5)15)14-8-7-13(6)11(2,3)9-14/h15H,1,7-9H2,2-6H3. The fourth-order valence-electron chi connectivity index (χ4n) is 1.86. The molecule has 1 N–H and O–H groups in total. The van der Waals surface area contributed by atoms with Crippen LogP contribution in [0.4, 0.5) is 0 Å². The van der Waals surface area contributed by atoms with E-state index in [1.165, 1.54) is 0 Å². The first-order valence-corrected chi connectivity index (χ1v) is 5.52. The van der Waals surface area contributed by atoms with Gasteiger partial charge in [0.15, 0.2) is 0 Å². The molecule has 0 radical (unpaired) electrons. The minimum absolute atomic E-state index is 0.145. The molecule has 0 aromatic heterocycles. The maximum absolute atomic E-state index is 9.92. The van der Waals surface area contributed by atoms with Crippen LogP contribution in [0.3, 0.4) is 0 Å². The van der Waals surface area contributed by atoms with E-state index >= 15 is 0 Å². The van der Waals surface area contributed by atoms with Crippen molar-refractivity contribution in [3.63, 3.8) is 0 Å². The first kappa shape index (κ1) is 12.5. The van der Waals surface area contributed by atoms with Gasteiger partial charge in [-0.3, -0.25) is 4.90 Å². The van der Waals surface area contributed by atoms with Gasteiger partial charge in [-0.1, -0.05) is 6.58 Å². The zero-order chi connectivity index (χ0) is 11.9. The van der Waals surface area contributed by atoms with Crippen LogP contribution >= 0.6 is 0 Å². The Morgan fingerprint density at radius 3 is 2.27 bits per heavy atom. The van der Waals surface area contributed by atoms with Crippen LogP contribution < -0.4 is 0 Å². The Labute approximate surface area is 93.4 Å². The fourth-order valence-corrected chi connectivity index (χ4v) is 1.86. The van der Waals surface area contributed by atoms with Gasteiger partial charge in [-0.2, -0.15) is 0 Å². The van der Waals surface area contributed by atoms with E-state index in [0.717, 1.165) is 25.3 Å². The maximum atomic E-state index is 9.92. The summed E-state index contributed by atoms with van der Waals surface area (Å²) < 4.78 is 0. The smallest absolute Gasteiger partial charge is 0.0980 e. The Kier molecular flexibility index (Phi) is 3.17. The van der Waals surface area contributed by atoms with Crippen molar-refractivity contribution < 1.29 is 5.11 Å². The SMILES string of the molecule is C=C(N1CCN(C)C(C)(C)C1)C(C)(C)O. The highest BCUT2D eigenvalue weighted by atomic mass is 16.3. The minimum atomic E-state index is -0.814. The molecule has 88 valence electrons. The number of hydrogen-bond donors (Lipinski definition) is 1. The van der Waals surface area contributed by atoms with E-state index < -0.39 is 5.60 Å². The molecule has 1 fully saturated rings. The van der Waals surface area contributed by atoms with Gasteiger partial charge >= 0.3 is 0 Å². The average Bonchev–Trinajstić information content (AvgIpc) is 2.07. The van der Waals surface area contributed by atoms with Crippen molar-refractivity contribution in [3.05, 3.63) is 12.3 Å². The Hall–Kier alpha value is -0.540. The largest absolute Gasteiger partial charge is 0.384 e. The number of nitrogens with zero attached hydrogens (tertiary/aromatic N) is 2. The van der Waals surface area contributed by atoms with E-state index in [9.17, 15) is 5.11 Å². The van der Waals surface area contributed by atoms with Crippen LogP contribution in [0.25, 0.3) is 0 Å². The number of hydrogen-bond acceptors (Lipinski definition) is 3. The van der Waals surface area contributed by atoms with Gasteiger partial charge in [-0.05, 0) is 34.7 Å². The molecule has 1 heterocycles. The van der Waals surface area contributed by atoms with Gasteiger partial charge in [0.05, 0.1) is 5.60 Å². The summed E-state index contributed by atoms with van der Waals surface area (Å²) in [7, 11) is 2.14. The molecule has 15 heavy (non-hydrogen) atoms. The lowest BCUT2D eigenvalue weighted by Gasteiger charge is -2.48. The molecule has 0 aromatic carbocycles. The Balaban J connectivity index is 2.72. The molecule has 0 aromatic rings. The van der Waals surface area contributed by atoms with Crippen LogP contribution in [-0.4, -0.2) is 52.7 Å². The summed E-state index contributed by atoms with van der Waals surface area (Å²) in [6.07, 6.45) is 0. The molecule has 3 nitrogen and oxygen atoms in total. The van der Waals surface area contributed by atoms with Crippen LogP contribution in [0, 0.1) is 0 Å². The third-order valence-electron chi connectivity index (χ3n) is 3.40. The van der Waals surface area contributed by atoms with Crippen molar-refractivity contribution in [1.29, 1.82) is 0 Å². The molecule has 0 unspecified atom stereocenters. The Bertz CT molecular complexity index is 253. The van der Waals surface area contributed by atoms with Crippen molar-refractivity contribution in [2.24, 2.45) is 0 Å². The van der Waals surface area contributed by atoms with Gasteiger partial charge in [0.1, 0.15) is 0 Å². The van der Waals surface area contributed by atoms with E-state index in [-0.39, 0.29) is 5.54 Å². The number of likely N-dealkylation sites (N-methyl/N-ethyl adjacent to an activating group) is 1. The summed E-state index contributed by atoms with van der Waals surface area (Å²) >= 11 is 0. The molecule has 3 heteroatoms. The summed E-state index contributed by atoms with van der Waals surface area (Å²) in [5.41, 5.74) is 0.155. The first-order valence-electron chi connectivity index (χ1n) is 5.52. The topological polar surface area (TPSA) is 26.7 Å². The highest BCUT2D eigenvalue weighted by Crippen LogP contribution is 2.25. The second kappa shape index (κ2) is 3.80. The molecule has 0 aliphatic carbocycles. The summed E-state index contributed by atoms with van der Waals surface area (Å²) in [5, 5.41) is 9.92. The van der Waals surface area contributed by atoms with Gasteiger partial charge in [0.2, 0.25) is 0 Å². The number of rotatable bonds is 2. The number of piperazine rings is 1. The molecule has 1 aliphatic rings. The van der Waals surface area contributed by atoms with Crippen molar-refractivity contribution in [2.45, 2.75) is 38.8 Å². The molecule has 0 bridgehead atoms. The lowest BCUT2D eigenvalue weighted by atomic mass is 9.96. The van der Waals surface area contributed by atoms with Gasteiger partial charge in [-0.25, -0.2) is 0 Å². The van der Waals surface area contributed by atoms with Crippen molar-refractivity contribution in [3.8, 4) is 0 Å². The monoisotopic (exact) mass is 212 g/mol. The molecule has 1 saturated heterocycles. The van der Waals surface area contributed by atoms with Crippen LogP contribution in [0.15, 0.2) is 12.3 Å². The molecule has 0 saturated carbocycles. The quantitative estimate of drug-likeness (QED) is 0.747. The van der Waals surface area contributed by atoms with E-state index in [4.69, 9.17) is 0 Å². The second-order valence-corrected chi connectivity index (χ2v) is 5.66. The molecular weight excluding hydrogens is 188 g/mol. The lowest BCUT2D eigenvalue weighted by Crippen LogP contribution is -2.58. The second-order valence-electron chi connectivity index (χ2n) is 5.66. The van der Waals surface area contributed by atoms with E-state index in [1.54, 1.807) is 13.8 Å². The first-order chi connectivity index (χ1) is 6.64. The molecule has 0 spiro atoms. The third kappa shape index (κ3) is 2.73. The van der Waals surface area contributed by atoms with Crippen molar-refractivity contribution >= 4 is 0 Å². The summed E-state index contributed by atoms with van der Waals surface area (Å²) in [4.78, 5) is 4.54. The van der Waals surface area contributed by atoms with E-state index in [0.29, 0.717) is 0 Å². The molecule has 1 aliphatic heterocycles. The normalized spacial score (nSPS) is 22.9. The van der Waals surface area contributed by atoms with E-state index in [2.05, 4.69) is 37.3 Å². The fraction of sp³-hybridized carbons (Fsp3) is 0.833. The van der Waals surface area contributed by atoms with Gasteiger partial charge < -0.3 is 10.0 Å². The lowest BCUT2D eigenvalue weighted by molar-refractivity contribution is 0.0209. The zero-order valence-corrected chi connectivity index (χ0v) is 10.7. The minimum Gasteiger partial charge on any atom is -0.384 e. The predicted octanol–water partition coefficient (Wildman–Crippen LogP) is 1.30. The van der Waals surface area contributed by atoms with Crippen LogP contribution in [-0.2, 0) is 0 Å². The number of aliphatic hydroxyl groups is 1. The van der Waals surface area contributed by atoms with Gasteiger partial charge in [0, 0.05) is 30.9 Å². The predicted molar refractivity (Wildman–Crippen MR) is 63.7 cm³/mol. The third-order valence-corrected chi connectivity index (χ3v) is 3.40. The highest BCUT2D eigenvalue weighted by Gasteiger charge is 2.34. The maximum Gasteiger partial charge on any atom is 0.0980 e. The molecular formula is C12H24N2O.